The van der Waals surface area contributed by atoms with E-state index in [2.05, 4.69) is 6.92 Å². The van der Waals surface area contributed by atoms with Crippen molar-refractivity contribution in [3.63, 3.8) is 0 Å². The molecule has 0 atom stereocenters. The van der Waals surface area contributed by atoms with Crippen LogP contribution in [0.4, 0.5) is 19.4 Å². The number of aryl methyl sites for hydroxylation is 1. The van der Waals surface area contributed by atoms with Crippen molar-refractivity contribution >= 4 is 22.0 Å². The summed E-state index contributed by atoms with van der Waals surface area (Å²) in [5, 5.41) is 0.235. The summed E-state index contributed by atoms with van der Waals surface area (Å²) in [6, 6.07) is 6.04. The summed E-state index contributed by atoms with van der Waals surface area (Å²) in [5.41, 5.74) is 0.936. The van der Waals surface area contributed by atoms with Crippen LogP contribution in [0.3, 0.4) is 0 Å². The number of thioether (sulfide) groups is 1. The second kappa shape index (κ2) is 10.1. The van der Waals surface area contributed by atoms with Gasteiger partial charge in [-0.25, -0.2) is 0 Å². The van der Waals surface area contributed by atoms with Crippen molar-refractivity contribution in [3.8, 4) is 11.2 Å². The van der Waals surface area contributed by atoms with Gasteiger partial charge in [0.1, 0.15) is 0 Å². The molecule has 0 aromatic heterocycles. The van der Waals surface area contributed by atoms with Gasteiger partial charge in [0.25, 0.3) is 0 Å². The molecule has 0 radical (unpaired) electrons. The van der Waals surface area contributed by atoms with Gasteiger partial charge in [-0.3, -0.25) is 0 Å². The largest absolute Gasteiger partial charge is 0.345 e. The number of rotatable bonds is 12. The molecule has 7 heteroatoms. The molecule has 0 N–H and O–H groups in total. The maximum absolute atomic E-state index is 12.2. The Morgan fingerprint density at radius 3 is 1.81 bits per heavy atom. The van der Waals surface area contributed by atoms with Crippen LogP contribution in [0.5, 0.6) is 0 Å². The summed E-state index contributed by atoms with van der Waals surface area (Å²) in [7, 11) is -9.66. The molecule has 0 aliphatic carbocycles. The first kappa shape index (κ1) is 24.2. The van der Waals surface area contributed by atoms with Crippen LogP contribution in [0.25, 0.3) is 0 Å². The second-order valence-electron chi connectivity index (χ2n) is 6.67. The summed E-state index contributed by atoms with van der Waals surface area (Å²) >= 11 is 2.00. The molecule has 1 rings (SSSR count). The average Bonchev–Trinajstić information content (AvgIpc) is 2.57. The number of halogens is 5. The zero-order valence-corrected chi connectivity index (χ0v) is 17.4. The quantitative estimate of drug-likeness (QED) is 0.182. The maximum atomic E-state index is 12.2. The Labute approximate surface area is 164 Å². The van der Waals surface area contributed by atoms with E-state index in [9.17, 15) is 19.4 Å². The van der Waals surface area contributed by atoms with Gasteiger partial charge in [-0.1, -0.05) is 77.0 Å². The fourth-order valence-corrected chi connectivity index (χ4v) is 3.66. The van der Waals surface area contributed by atoms with Crippen LogP contribution in [-0.4, -0.2) is 11.5 Å². The SMILES string of the molecule is CCSCCCCCCCCCCc1ccc(C#CS(F)(F)(F)(F)F)cc1. The van der Waals surface area contributed by atoms with Crippen LogP contribution in [0.1, 0.15) is 69.4 Å². The van der Waals surface area contributed by atoms with Crippen molar-refractivity contribution in [3.05, 3.63) is 35.4 Å². The number of unbranched alkanes of at least 4 members (excludes halogenated alkanes) is 7. The smallest absolute Gasteiger partial charge is 0.162 e. The summed E-state index contributed by atoms with van der Waals surface area (Å²) < 4.78 is 61.0. The molecule has 0 aliphatic rings. The van der Waals surface area contributed by atoms with Gasteiger partial charge < -0.3 is 0 Å². The first-order valence-electron chi connectivity index (χ1n) is 9.44. The molecule has 1 aromatic carbocycles. The van der Waals surface area contributed by atoms with E-state index in [0.717, 1.165) is 24.8 Å². The molecule has 0 amide bonds. The van der Waals surface area contributed by atoms with Crippen molar-refractivity contribution in [1.29, 1.82) is 0 Å². The lowest BCUT2D eigenvalue weighted by molar-refractivity contribution is 0.389. The normalized spacial score (nSPS) is 14.1. The summed E-state index contributed by atoms with van der Waals surface area (Å²) in [6.45, 7) is 2.18. The highest BCUT2D eigenvalue weighted by molar-refractivity contribution is 8.49. The lowest BCUT2D eigenvalue weighted by atomic mass is 10.0. The molecule has 0 saturated heterocycles. The van der Waals surface area contributed by atoms with E-state index >= 15 is 0 Å². The molecule has 0 nitrogen and oxygen atoms in total. The van der Waals surface area contributed by atoms with E-state index in [0.29, 0.717) is 0 Å². The molecular formula is C20H29F5S2. The van der Waals surface area contributed by atoms with E-state index in [1.165, 1.54) is 68.1 Å². The highest BCUT2D eigenvalue weighted by atomic mass is 32.5. The van der Waals surface area contributed by atoms with Crippen molar-refractivity contribution < 1.29 is 19.4 Å². The molecule has 0 fully saturated rings. The Kier molecular flexibility index (Phi) is 9.01. The molecule has 0 heterocycles. The standard InChI is InChI=1S/C20H29F5S2/c1-2-26-17-10-8-6-4-3-5-7-9-11-19-12-14-20(15-13-19)16-18-27(21,22,23,24)25/h12-15H,2-11,17H2,1H3. The predicted octanol–water partition coefficient (Wildman–Crippen LogP) is 8.71. The van der Waals surface area contributed by atoms with Gasteiger partial charge in [-0.15, -0.1) is 0 Å². The minimum Gasteiger partial charge on any atom is -0.162 e. The zero-order chi connectivity index (χ0) is 20.3. The van der Waals surface area contributed by atoms with Crippen molar-refractivity contribution in [2.75, 3.05) is 11.5 Å². The summed E-state index contributed by atoms with van der Waals surface area (Å²) in [4.78, 5) is 0. The molecule has 0 bridgehead atoms. The Balaban J connectivity index is 2.18. The minimum absolute atomic E-state index is 0.0515. The van der Waals surface area contributed by atoms with Crippen molar-refractivity contribution in [2.24, 2.45) is 0 Å². The molecule has 1 aromatic rings. The van der Waals surface area contributed by atoms with Crippen LogP contribution >= 0.6 is 22.0 Å². The molecule has 0 saturated carbocycles. The third-order valence-corrected chi connectivity index (χ3v) is 5.52. The number of hydrogen-bond donors (Lipinski definition) is 0. The third-order valence-electron chi connectivity index (χ3n) is 4.05. The van der Waals surface area contributed by atoms with Crippen molar-refractivity contribution in [2.45, 2.75) is 64.7 Å². The lowest BCUT2D eigenvalue weighted by Gasteiger charge is -2.33. The van der Waals surface area contributed by atoms with E-state index in [1.54, 1.807) is 12.1 Å². The van der Waals surface area contributed by atoms with Crippen molar-refractivity contribution in [1.82, 2.24) is 0 Å². The van der Waals surface area contributed by atoms with Gasteiger partial charge in [-0.2, -0.15) is 11.8 Å². The molecule has 156 valence electrons. The van der Waals surface area contributed by atoms with Crippen LogP contribution in [-0.2, 0) is 6.42 Å². The molecule has 27 heavy (non-hydrogen) atoms. The van der Waals surface area contributed by atoms with Gasteiger partial charge in [0, 0.05) is 5.56 Å². The highest BCUT2D eigenvalue weighted by Gasteiger charge is 2.62. The van der Waals surface area contributed by atoms with Crippen LogP contribution < -0.4 is 0 Å². The highest BCUT2D eigenvalue weighted by Crippen LogP contribution is 2.97. The monoisotopic (exact) mass is 428 g/mol. The van der Waals surface area contributed by atoms with E-state index in [4.69, 9.17) is 0 Å². The molecule has 0 spiro atoms. The first-order chi connectivity index (χ1) is 12.5. The lowest BCUT2D eigenvalue weighted by Crippen LogP contribution is -2.00. The topological polar surface area (TPSA) is 0 Å². The third kappa shape index (κ3) is 14.8. The van der Waals surface area contributed by atoms with Crippen LogP contribution in [0.15, 0.2) is 24.3 Å². The first-order valence-corrected chi connectivity index (χ1v) is 12.5. The van der Waals surface area contributed by atoms with Gasteiger partial charge >= 0.3 is 10.2 Å². The van der Waals surface area contributed by atoms with E-state index in [-0.39, 0.29) is 10.8 Å². The van der Waals surface area contributed by atoms with E-state index in [1.807, 2.05) is 11.8 Å². The fraction of sp³-hybridized carbons (Fsp3) is 0.600. The van der Waals surface area contributed by atoms with E-state index < -0.39 is 10.2 Å². The zero-order valence-electron chi connectivity index (χ0n) is 15.8. The van der Waals surface area contributed by atoms with Gasteiger partial charge in [0.2, 0.25) is 0 Å². The van der Waals surface area contributed by atoms with Gasteiger partial charge in [0.15, 0.2) is 0 Å². The molecular weight excluding hydrogens is 399 g/mol. The Morgan fingerprint density at radius 2 is 1.30 bits per heavy atom. The minimum atomic E-state index is -9.66. The Hall–Kier alpha value is -0.870. The summed E-state index contributed by atoms with van der Waals surface area (Å²) in [5.74, 6) is 3.99. The second-order valence-corrected chi connectivity index (χ2v) is 10.2. The van der Waals surface area contributed by atoms with Gasteiger partial charge in [-0.05, 0) is 54.4 Å². The van der Waals surface area contributed by atoms with Crippen LogP contribution in [0, 0.1) is 11.2 Å². The predicted molar refractivity (Wildman–Crippen MR) is 110 cm³/mol. The molecule has 0 unspecified atom stereocenters. The number of benzene rings is 1. The molecule has 0 aliphatic heterocycles. The fourth-order valence-electron chi connectivity index (χ4n) is 2.65. The Bertz CT molecular complexity index is 612. The van der Waals surface area contributed by atoms with Gasteiger partial charge in [0.05, 0.1) is 5.25 Å². The summed E-state index contributed by atoms with van der Waals surface area (Å²) in [6.07, 6.45) is 10.6. The van der Waals surface area contributed by atoms with Crippen LogP contribution in [0.2, 0.25) is 0 Å². The Morgan fingerprint density at radius 1 is 0.778 bits per heavy atom. The average molecular weight is 429 g/mol. The maximum Gasteiger partial charge on any atom is 0.345 e. The number of hydrogen-bond acceptors (Lipinski definition) is 1.